The topological polar surface area (TPSA) is 54.0 Å². The molecule has 1 saturated heterocycles. The van der Waals surface area contributed by atoms with E-state index in [-0.39, 0.29) is 12.8 Å². The maximum Gasteiger partial charge on any atom is 0.317 e. The van der Waals surface area contributed by atoms with Gasteiger partial charge in [-0.1, -0.05) is 30.3 Å². The molecule has 0 spiro atoms. The van der Waals surface area contributed by atoms with Crippen LogP contribution >= 0.6 is 0 Å². The van der Waals surface area contributed by atoms with Gasteiger partial charge in [-0.15, -0.1) is 0 Å². The third-order valence-corrected chi connectivity index (χ3v) is 4.82. The van der Waals surface area contributed by atoms with E-state index >= 15 is 0 Å². The fourth-order valence-electron chi connectivity index (χ4n) is 3.32. The molecule has 0 aliphatic carbocycles. The van der Waals surface area contributed by atoms with Gasteiger partial charge in [-0.25, -0.2) is 4.79 Å². The predicted octanol–water partition coefficient (Wildman–Crippen LogP) is 2.49. The highest BCUT2D eigenvalue weighted by Gasteiger charge is 2.22. The van der Waals surface area contributed by atoms with E-state index in [1.807, 2.05) is 41.3 Å². The van der Waals surface area contributed by atoms with E-state index < -0.39 is 0 Å². The maximum absolute atomic E-state index is 12.3. The summed E-state index contributed by atoms with van der Waals surface area (Å²) in [5, 5.41) is 3.02. The molecule has 2 amide bonds. The van der Waals surface area contributed by atoms with E-state index in [9.17, 15) is 4.79 Å². The molecule has 2 aromatic rings. The van der Waals surface area contributed by atoms with E-state index in [0.717, 1.165) is 36.7 Å². The minimum Gasteiger partial charge on any atom is -0.454 e. The van der Waals surface area contributed by atoms with Crippen molar-refractivity contribution < 1.29 is 14.3 Å². The van der Waals surface area contributed by atoms with Crippen LogP contribution in [0, 0.1) is 0 Å². The Morgan fingerprint density at radius 3 is 2.54 bits per heavy atom. The number of amides is 2. The van der Waals surface area contributed by atoms with E-state index in [2.05, 4.69) is 22.3 Å². The van der Waals surface area contributed by atoms with Crippen LogP contribution in [-0.4, -0.2) is 50.4 Å². The SMILES string of the molecule is O=C(NCCc1ccccc1)N1CCN(c2ccc3c(c2)OCO3)CC1. The van der Waals surface area contributed by atoms with Crippen molar-refractivity contribution >= 4 is 11.7 Å². The number of hydrogen-bond donors (Lipinski definition) is 1. The first-order chi connectivity index (χ1) is 12.8. The van der Waals surface area contributed by atoms with Gasteiger partial charge in [-0.3, -0.25) is 0 Å². The Hall–Kier alpha value is -2.89. The van der Waals surface area contributed by atoms with Crippen molar-refractivity contribution in [1.29, 1.82) is 0 Å². The Balaban J connectivity index is 1.25. The highest BCUT2D eigenvalue weighted by molar-refractivity contribution is 5.74. The standard InChI is InChI=1S/C20H23N3O3/c24-20(21-9-8-16-4-2-1-3-5-16)23-12-10-22(11-13-23)17-6-7-18-19(14-17)26-15-25-18/h1-7,14H,8-13,15H2,(H,21,24). The van der Waals surface area contributed by atoms with Crippen LogP contribution in [0.2, 0.25) is 0 Å². The van der Waals surface area contributed by atoms with Gasteiger partial charge in [0.25, 0.3) is 0 Å². The van der Waals surface area contributed by atoms with Crippen LogP contribution in [0.3, 0.4) is 0 Å². The van der Waals surface area contributed by atoms with E-state index in [4.69, 9.17) is 9.47 Å². The number of nitrogens with one attached hydrogen (secondary N) is 1. The highest BCUT2D eigenvalue weighted by Crippen LogP contribution is 2.35. The molecule has 2 heterocycles. The van der Waals surface area contributed by atoms with Gasteiger partial charge in [-0.2, -0.15) is 0 Å². The fourth-order valence-corrected chi connectivity index (χ4v) is 3.32. The third kappa shape index (κ3) is 3.69. The Bertz CT molecular complexity index is 758. The molecule has 0 aromatic heterocycles. The van der Waals surface area contributed by atoms with E-state index in [0.29, 0.717) is 19.6 Å². The average Bonchev–Trinajstić information content (AvgIpc) is 3.17. The number of fused-ring (bicyclic) bond motifs is 1. The summed E-state index contributed by atoms with van der Waals surface area (Å²) in [5.74, 6) is 1.59. The molecule has 1 fully saturated rings. The van der Waals surface area contributed by atoms with Crippen LogP contribution in [0.25, 0.3) is 0 Å². The van der Waals surface area contributed by atoms with Crippen LogP contribution in [0.1, 0.15) is 5.56 Å². The quantitative estimate of drug-likeness (QED) is 0.918. The van der Waals surface area contributed by atoms with Crippen molar-refractivity contribution in [3.05, 3.63) is 54.1 Å². The van der Waals surface area contributed by atoms with Crippen molar-refractivity contribution in [2.75, 3.05) is 44.4 Å². The monoisotopic (exact) mass is 353 g/mol. The number of nitrogens with zero attached hydrogens (tertiary/aromatic N) is 2. The molecule has 2 aliphatic rings. The van der Waals surface area contributed by atoms with Gasteiger partial charge in [0.1, 0.15) is 0 Å². The molecule has 0 radical (unpaired) electrons. The zero-order chi connectivity index (χ0) is 17.8. The van der Waals surface area contributed by atoms with Crippen LogP contribution in [0.4, 0.5) is 10.5 Å². The summed E-state index contributed by atoms with van der Waals surface area (Å²) < 4.78 is 10.8. The number of carbonyl (C=O) groups excluding carboxylic acids is 1. The number of anilines is 1. The van der Waals surface area contributed by atoms with Crippen molar-refractivity contribution in [3.63, 3.8) is 0 Å². The van der Waals surface area contributed by atoms with Crippen molar-refractivity contribution in [2.24, 2.45) is 0 Å². The molecule has 0 bridgehead atoms. The first-order valence-electron chi connectivity index (χ1n) is 9.01. The first-order valence-corrected chi connectivity index (χ1v) is 9.01. The average molecular weight is 353 g/mol. The molecule has 2 aliphatic heterocycles. The van der Waals surface area contributed by atoms with Gasteiger partial charge in [0.15, 0.2) is 11.5 Å². The molecule has 0 saturated carbocycles. The maximum atomic E-state index is 12.3. The van der Waals surface area contributed by atoms with Gasteiger partial charge in [-0.05, 0) is 24.1 Å². The summed E-state index contributed by atoms with van der Waals surface area (Å²) in [6.07, 6.45) is 0.851. The van der Waals surface area contributed by atoms with E-state index in [1.54, 1.807) is 0 Å². The number of carbonyl (C=O) groups is 1. The summed E-state index contributed by atoms with van der Waals surface area (Å²) in [5.41, 5.74) is 2.35. The second-order valence-corrected chi connectivity index (χ2v) is 6.48. The Kier molecular flexibility index (Phi) is 4.82. The zero-order valence-electron chi connectivity index (χ0n) is 14.7. The lowest BCUT2D eigenvalue weighted by atomic mass is 10.1. The van der Waals surface area contributed by atoms with Crippen LogP contribution in [0.5, 0.6) is 11.5 Å². The first kappa shape index (κ1) is 16.6. The van der Waals surface area contributed by atoms with Crippen molar-refractivity contribution in [2.45, 2.75) is 6.42 Å². The van der Waals surface area contributed by atoms with Crippen molar-refractivity contribution in [3.8, 4) is 11.5 Å². The van der Waals surface area contributed by atoms with Crippen molar-refractivity contribution in [1.82, 2.24) is 10.2 Å². The van der Waals surface area contributed by atoms with Crippen LogP contribution in [-0.2, 0) is 6.42 Å². The molecule has 4 rings (SSSR count). The fraction of sp³-hybridized carbons (Fsp3) is 0.350. The molecular weight excluding hydrogens is 330 g/mol. The Morgan fingerprint density at radius 1 is 0.962 bits per heavy atom. The zero-order valence-corrected chi connectivity index (χ0v) is 14.7. The van der Waals surface area contributed by atoms with E-state index in [1.165, 1.54) is 5.56 Å². The summed E-state index contributed by atoms with van der Waals surface area (Å²) >= 11 is 0. The minimum absolute atomic E-state index is 0.0197. The lowest BCUT2D eigenvalue weighted by molar-refractivity contribution is 0.174. The lowest BCUT2D eigenvalue weighted by Gasteiger charge is -2.36. The van der Waals surface area contributed by atoms with Gasteiger partial charge >= 0.3 is 6.03 Å². The number of ether oxygens (including phenoxy) is 2. The van der Waals surface area contributed by atoms with Gasteiger partial charge in [0.2, 0.25) is 6.79 Å². The van der Waals surface area contributed by atoms with Gasteiger partial charge in [0, 0.05) is 44.5 Å². The Labute approximate surface area is 153 Å². The molecular formula is C20H23N3O3. The molecule has 0 unspecified atom stereocenters. The summed E-state index contributed by atoms with van der Waals surface area (Å²) in [6, 6.07) is 16.2. The van der Waals surface area contributed by atoms with Gasteiger partial charge < -0.3 is 24.6 Å². The summed E-state index contributed by atoms with van der Waals surface area (Å²) in [4.78, 5) is 16.5. The number of hydrogen-bond acceptors (Lipinski definition) is 4. The normalized spacial score (nSPS) is 15.8. The molecule has 2 aromatic carbocycles. The number of piperazine rings is 1. The molecule has 1 N–H and O–H groups in total. The molecule has 26 heavy (non-hydrogen) atoms. The lowest BCUT2D eigenvalue weighted by Crippen LogP contribution is -2.52. The summed E-state index contributed by atoms with van der Waals surface area (Å²) in [7, 11) is 0. The van der Waals surface area contributed by atoms with Crippen LogP contribution < -0.4 is 19.7 Å². The number of rotatable bonds is 4. The smallest absolute Gasteiger partial charge is 0.317 e. The molecule has 6 heteroatoms. The predicted molar refractivity (Wildman–Crippen MR) is 99.9 cm³/mol. The molecule has 6 nitrogen and oxygen atoms in total. The van der Waals surface area contributed by atoms with Crippen LogP contribution in [0.15, 0.2) is 48.5 Å². The number of benzene rings is 2. The largest absolute Gasteiger partial charge is 0.454 e. The van der Waals surface area contributed by atoms with Gasteiger partial charge in [0.05, 0.1) is 0 Å². The second kappa shape index (κ2) is 7.56. The summed E-state index contributed by atoms with van der Waals surface area (Å²) in [6.45, 7) is 4.00. The third-order valence-electron chi connectivity index (χ3n) is 4.82. The Morgan fingerprint density at radius 2 is 1.73 bits per heavy atom. The minimum atomic E-state index is 0.0197. The molecule has 136 valence electrons. The number of urea groups is 1. The second-order valence-electron chi connectivity index (χ2n) is 6.48. The molecule has 0 atom stereocenters. The highest BCUT2D eigenvalue weighted by atomic mass is 16.7.